The standard InChI is InChI=1S/C23H30N4O5S2/c1-15(2)13-27(14-20(28)19(26-23(29)30)11-16-7-5-4-6-8-16)34(31,32)17-9-10-18-21(12-17)33-22(24-3)25-18/h4-10,12,15,19-20,26,28H,11,13-14H2,1-3H3,(H,24,25)(H,29,30). The van der Waals surface area contributed by atoms with Crippen LogP contribution in [0.1, 0.15) is 19.4 Å². The number of rotatable bonds is 11. The average Bonchev–Trinajstić information content (AvgIpc) is 3.21. The molecule has 9 nitrogen and oxygen atoms in total. The van der Waals surface area contributed by atoms with Crippen LogP contribution in [0.4, 0.5) is 9.93 Å². The van der Waals surface area contributed by atoms with Gasteiger partial charge in [0.1, 0.15) is 0 Å². The van der Waals surface area contributed by atoms with E-state index in [1.54, 1.807) is 19.2 Å². The minimum atomic E-state index is -3.96. The number of hydrogen-bond acceptors (Lipinski definition) is 7. The van der Waals surface area contributed by atoms with Crippen LogP contribution in [0.3, 0.4) is 0 Å². The maximum absolute atomic E-state index is 13.6. The van der Waals surface area contributed by atoms with Crippen LogP contribution >= 0.6 is 11.3 Å². The van der Waals surface area contributed by atoms with E-state index in [1.807, 2.05) is 44.2 Å². The number of anilines is 1. The summed E-state index contributed by atoms with van der Waals surface area (Å²) in [5.74, 6) is -0.00925. The first-order chi connectivity index (χ1) is 16.1. The lowest BCUT2D eigenvalue weighted by atomic mass is 10.0. The number of fused-ring (bicyclic) bond motifs is 1. The summed E-state index contributed by atoms with van der Waals surface area (Å²) in [4.78, 5) is 15.9. The van der Waals surface area contributed by atoms with Crippen LogP contribution in [-0.2, 0) is 16.4 Å². The molecule has 0 spiro atoms. The lowest BCUT2D eigenvalue weighted by Gasteiger charge is -2.30. The molecule has 34 heavy (non-hydrogen) atoms. The van der Waals surface area contributed by atoms with E-state index < -0.39 is 28.3 Å². The molecule has 2 atom stereocenters. The summed E-state index contributed by atoms with van der Waals surface area (Å²) in [6.07, 6.45) is -2.31. The van der Waals surface area contributed by atoms with Crippen molar-refractivity contribution in [2.75, 3.05) is 25.5 Å². The van der Waals surface area contributed by atoms with E-state index in [0.717, 1.165) is 10.3 Å². The summed E-state index contributed by atoms with van der Waals surface area (Å²) in [6, 6.07) is 13.0. The van der Waals surface area contributed by atoms with E-state index in [0.29, 0.717) is 10.6 Å². The first-order valence-corrected chi connectivity index (χ1v) is 13.2. The third kappa shape index (κ3) is 6.44. The van der Waals surface area contributed by atoms with Crippen LogP contribution < -0.4 is 10.6 Å². The fourth-order valence-corrected chi connectivity index (χ4v) is 6.23. The molecule has 0 aliphatic heterocycles. The number of hydrogen-bond donors (Lipinski definition) is 4. The number of nitrogens with one attached hydrogen (secondary N) is 2. The molecule has 1 amide bonds. The van der Waals surface area contributed by atoms with Gasteiger partial charge in [0.25, 0.3) is 0 Å². The molecule has 0 aliphatic carbocycles. The number of benzene rings is 2. The lowest BCUT2D eigenvalue weighted by Crippen LogP contribution is -2.50. The number of aromatic nitrogens is 1. The topological polar surface area (TPSA) is 132 Å². The molecule has 0 aliphatic rings. The number of thiazole rings is 1. The molecule has 3 rings (SSSR count). The SMILES string of the molecule is CNc1nc2ccc(S(=O)(=O)N(CC(C)C)CC(O)C(Cc3ccccc3)NC(=O)O)cc2s1. The van der Waals surface area contributed by atoms with Crippen LogP contribution in [0.5, 0.6) is 0 Å². The highest BCUT2D eigenvalue weighted by atomic mass is 32.2. The first-order valence-electron chi connectivity index (χ1n) is 10.9. The Labute approximate surface area is 203 Å². The molecular weight excluding hydrogens is 476 g/mol. The Morgan fingerprint density at radius 2 is 1.85 bits per heavy atom. The number of nitrogens with zero attached hydrogens (tertiary/aromatic N) is 2. The van der Waals surface area contributed by atoms with Crippen molar-refractivity contribution < 1.29 is 23.4 Å². The maximum Gasteiger partial charge on any atom is 0.404 e. The van der Waals surface area contributed by atoms with Crippen LogP contribution in [0.15, 0.2) is 53.4 Å². The Kier molecular flexibility index (Phi) is 8.47. The van der Waals surface area contributed by atoms with Crippen molar-refractivity contribution in [3.8, 4) is 0 Å². The summed E-state index contributed by atoms with van der Waals surface area (Å²) in [5.41, 5.74) is 1.52. The van der Waals surface area contributed by atoms with E-state index in [2.05, 4.69) is 15.6 Å². The van der Waals surface area contributed by atoms with Crippen molar-refractivity contribution in [1.82, 2.24) is 14.6 Å². The monoisotopic (exact) mass is 506 g/mol. The van der Waals surface area contributed by atoms with Gasteiger partial charge in [0.05, 0.1) is 27.3 Å². The molecule has 3 aromatic rings. The average molecular weight is 507 g/mol. The Morgan fingerprint density at radius 3 is 2.47 bits per heavy atom. The Hall–Kier alpha value is -2.73. The third-order valence-electron chi connectivity index (χ3n) is 5.24. The molecule has 1 aromatic heterocycles. The molecule has 0 saturated carbocycles. The quantitative estimate of drug-likeness (QED) is 0.314. The number of carbonyl (C=O) groups is 1. The van der Waals surface area contributed by atoms with E-state index in [4.69, 9.17) is 0 Å². The first kappa shape index (κ1) is 25.9. The van der Waals surface area contributed by atoms with E-state index >= 15 is 0 Å². The number of sulfonamides is 1. The number of aliphatic hydroxyl groups excluding tert-OH is 1. The van der Waals surface area contributed by atoms with Gasteiger partial charge in [-0.3, -0.25) is 0 Å². The van der Waals surface area contributed by atoms with Crippen molar-refractivity contribution >= 4 is 42.8 Å². The van der Waals surface area contributed by atoms with Gasteiger partial charge < -0.3 is 20.8 Å². The summed E-state index contributed by atoms with van der Waals surface area (Å²) in [5, 5.41) is 26.2. The van der Waals surface area contributed by atoms with E-state index in [-0.39, 0.29) is 30.3 Å². The van der Waals surface area contributed by atoms with Gasteiger partial charge >= 0.3 is 6.09 Å². The number of aliphatic hydroxyl groups is 1. The van der Waals surface area contributed by atoms with Gasteiger partial charge in [-0.1, -0.05) is 55.5 Å². The highest BCUT2D eigenvalue weighted by molar-refractivity contribution is 7.89. The van der Waals surface area contributed by atoms with E-state index in [9.17, 15) is 23.4 Å². The van der Waals surface area contributed by atoms with E-state index in [1.165, 1.54) is 21.7 Å². The Bertz CT molecular complexity index is 1210. The lowest BCUT2D eigenvalue weighted by molar-refractivity contribution is 0.0980. The van der Waals surface area contributed by atoms with Gasteiger partial charge in [0.2, 0.25) is 10.0 Å². The van der Waals surface area contributed by atoms with Gasteiger partial charge in [-0.15, -0.1) is 0 Å². The zero-order valence-corrected chi connectivity index (χ0v) is 20.9. The van der Waals surface area contributed by atoms with Gasteiger partial charge in [0.15, 0.2) is 5.13 Å². The Morgan fingerprint density at radius 1 is 1.15 bits per heavy atom. The summed E-state index contributed by atoms with van der Waals surface area (Å²) < 4.78 is 29.1. The molecule has 0 radical (unpaired) electrons. The van der Waals surface area contributed by atoms with Crippen molar-refractivity contribution in [2.45, 2.75) is 37.3 Å². The number of amides is 1. The zero-order chi connectivity index (χ0) is 24.9. The molecule has 1 heterocycles. The van der Waals surface area contributed by atoms with Crippen molar-refractivity contribution in [2.24, 2.45) is 5.92 Å². The molecule has 0 bridgehead atoms. The normalized spacial score (nSPS) is 13.8. The molecule has 11 heteroatoms. The third-order valence-corrected chi connectivity index (χ3v) is 8.11. The van der Waals surface area contributed by atoms with Crippen molar-refractivity contribution in [3.63, 3.8) is 0 Å². The molecule has 2 aromatic carbocycles. The highest BCUT2D eigenvalue weighted by Gasteiger charge is 2.31. The van der Waals surface area contributed by atoms with Crippen LogP contribution in [0.2, 0.25) is 0 Å². The fraction of sp³-hybridized carbons (Fsp3) is 0.391. The van der Waals surface area contributed by atoms with Crippen LogP contribution in [0.25, 0.3) is 10.2 Å². The molecule has 0 saturated heterocycles. The van der Waals surface area contributed by atoms with Crippen LogP contribution in [0, 0.1) is 5.92 Å². The van der Waals surface area contributed by atoms with Gasteiger partial charge in [0, 0.05) is 20.1 Å². The second-order valence-corrected chi connectivity index (χ2v) is 11.4. The molecule has 184 valence electrons. The van der Waals surface area contributed by atoms with Crippen molar-refractivity contribution in [1.29, 1.82) is 0 Å². The molecular formula is C23H30N4O5S2. The zero-order valence-electron chi connectivity index (χ0n) is 19.3. The predicted octanol–water partition coefficient (Wildman–Crippen LogP) is 3.22. The Balaban J connectivity index is 1.89. The van der Waals surface area contributed by atoms with Gasteiger partial charge in [-0.2, -0.15) is 4.31 Å². The second-order valence-electron chi connectivity index (χ2n) is 8.43. The smallest absolute Gasteiger partial charge is 0.404 e. The van der Waals surface area contributed by atoms with Crippen LogP contribution in [-0.4, -0.2) is 66.3 Å². The summed E-state index contributed by atoms with van der Waals surface area (Å²) in [7, 11) is -2.21. The summed E-state index contributed by atoms with van der Waals surface area (Å²) >= 11 is 1.35. The fourth-order valence-electron chi connectivity index (χ4n) is 3.65. The second kappa shape index (κ2) is 11.1. The largest absolute Gasteiger partial charge is 0.465 e. The highest BCUT2D eigenvalue weighted by Crippen LogP contribution is 2.29. The van der Waals surface area contributed by atoms with Gasteiger partial charge in [-0.05, 0) is 36.1 Å². The molecule has 2 unspecified atom stereocenters. The van der Waals surface area contributed by atoms with Gasteiger partial charge in [-0.25, -0.2) is 18.2 Å². The van der Waals surface area contributed by atoms with Crippen molar-refractivity contribution in [3.05, 3.63) is 54.1 Å². The minimum Gasteiger partial charge on any atom is -0.465 e. The predicted molar refractivity (Wildman–Crippen MR) is 134 cm³/mol. The molecule has 0 fully saturated rings. The summed E-state index contributed by atoms with van der Waals surface area (Å²) in [6.45, 7) is 3.70. The minimum absolute atomic E-state index is 0.00925. The number of carboxylic acid groups (broad SMARTS) is 1. The maximum atomic E-state index is 13.6. The molecule has 4 N–H and O–H groups in total.